The molecule has 0 spiro atoms. The van der Waals surface area contributed by atoms with Gasteiger partial charge >= 0.3 is 5.97 Å². The Morgan fingerprint density at radius 3 is 1.61 bits per heavy atom. The van der Waals surface area contributed by atoms with E-state index in [9.17, 15) is 4.79 Å². The smallest absolute Gasteiger partial charge is 0.306 e. The Balaban J connectivity index is 0. The van der Waals surface area contributed by atoms with Crippen molar-refractivity contribution in [1.29, 1.82) is 0 Å². The molecule has 2 heteroatoms. The summed E-state index contributed by atoms with van der Waals surface area (Å²) in [4.78, 5) is 10.4. The SMILES string of the molecule is CC(C)CCC(C)C.CCCCC(CC)C(=O)O. The van der Waals surface area contributed by atoms with Crippen LogP contribution in [-0.2, 0) is 4.79 Å². The number of hydrogen-bond acceptors (Lipinski definition) is 1. The molecule has 0 rings (SSSR count). The van der Waals surface area contributed by atoms with E-state index in [1.165, 1.54) is 12.8 Å². The summed E-state index contributed by atoms with van der Waals surface area (Å²) in [5.41, 5.74) is 0. The normalized spacial score (nSPS) is 12.2. The lowest BCUT2D eigenvalue weighted by Gasteiger charge is -2.06. The van der Waals surface area contributed by atoms with E-state index in [0.29, 0.717) is 0 Å². The van der Waals surface area contributed by atoms with E-state index in [1.54, 1.807) is 0 Å². The highest BCUT2D eigenvalue weighted by atomic mass is 16.4. The van der Waals surface area contributed by atoms with Gasteiger partial charge in [0.25, 0.3) is 0 Å². The van der Waals surface area contributed by atoms with E-state index >= 15 is 0 Å². The van der Waals surface area contributed by atoms with Gasteiger partial charge in [-0.05, 0) is 24.7 Å². The highest BCUT2D eigenvalue weighted by molar-refractivity contribution is 5.69. The Labute approximate surface area is 114 Å². The first-order valence-electron chi connectivity index (χ1n) is 7.57. The van der Waals surface area contributed by atoms with Crippen LogP contribution in [0.3, 0.4) is 0 Å². The van der Waals surface area contributed by atoms with Gasteiger partial charge in [-0.3, -0.25) is 4.79 Å². The summed E-state index contributed by atoms with van der Waals surface area (Å²) in [5, 5.41) is 8.60. The van der Waals surface area contributed by atoms with Crippen LogP contribution in [-0.4, -0.2) is 11.1 Å². The third-order valence-electron chi connectivity index (χ3n) is 3.07. The Kier molecular flexibility index (Phi) is 14.2. The molecule has 0 saturated heterocycles. The minimum atomic E-state index is -0.643. The molecule has 2 nitrogen and oxygen atoms in total. The number of aliphatic carboxylic acids is 1. The Morgan fingerprint density at radius 2 is 1.39 bits per heavy atom. The Hall–Kier alpha value is -0.530. The summed E-state index contributed by atoms with van der Waals surface area (Å²) < 4.78 is 0. The lowest BCUT2D eigenvalue weighted by Crippen LogP contribution is -2.11. The zero-order valence-corrected chi connectivity index (χ0v) is 13.3. The first-order valence-corrected chi connectivity index (χ1v) is 7.57. The maximum atomic E-state index is 10.4. The molecule has 0 aliphatic heterocycles. The molecule has 0 aliphatic rings. The summed E-state index contributed by atoms with van der Waals surface area (Å²) in [6.45, 7) is 13.1. The van der Waals surface area contributed by atoms with E-state index < -0.39 is 5.97 Å². The van der Waals surface area contributed by atoms with Crippen molar-refractivity contribution in [3.05, 3.63) is 0 Å². The van der Waals surface area contributed by atoms with Crippen molar-refractivity contribution in [2.24, 2.45) is 17.8 Å². The van der Waals surface area contributed by atoms with Crippen LogP contribution in [0.15, 0.2) is 0 Å². The summed E-state index contributed by atoms with van der Waals surface area (Å²) >= 11 is 0. The third-order valence-corrected chi connectivity index (χ3v) is 3.07. The number of carboxylic acid groups (broad SMARTS) is 1. The van der Waals surface area contributed by atoms with Gasteiger partial charge in [-0.25, -0.2) is 0 Å². The van der Waals surface area contributed by atoms with Gasteiger partial charge in [0.15, 0.2) is 0 Å². The van der Waals surface area contributed by atoms with Gasteiger partial charge in [0, 0.05) is 0 Å². The largest absolute Gasteiger partial charge is 0.481 e. The van der Waals surface area contributed by atoms with E-state index in [4.69, 9.17) is 5.11 Å². The van der Waals surface area contributed by atoms with Gasteiger partial charge in [-0.1, -0.05) is 67.2 Å². The van der Waals surface area contributed by atoms with Crippen molar-refractivity contribution in [3.63, 3.8) is 0 Å². The molecule has 0 saturated carbocycles. The Bertz CT molecular complexity index is 178. The van der Waals surface area contributed by atoms with Crippen molar-refractivity contribution in [2.45, 2.75) is 80.1 Å². The van der Waals surface area contributed by atoms with E-state index in [0.717, 1.165) is 37.5 Å². The summed E-state index contributed by atoms with van der Waals surface area (Å²) in [6.07, 6.45) is 6.49. The molecule has 0 aromatic rings. The third kappa shape index (κ3) is 15.5. The molecule has 1 atom stereocenters. The lowest BCUT2D eigenvalue weighted by molar-refractivity contribution is -0.142. The predicted molar refractivity (Wildman–Crippen MR) is 79.9 cm³/mol. The van der Waals surface area contributed by atoms with Crippen molar-refractivity contribution in [2.75, 3.05) is 0 Å². The molecule has 0 radical (unpaired) electrons. The van der Waals surface area contributed by atoms with Crippen LogP contribution in [0.25, 0.3) is 0 Å². The Morgan fingerprint density at radius 1 is 0.944 bits per heavy atom. The molecular formula is C16H34O2. The number of rotatable bonds is 8. The maximum Gasteiger partial charge on any atom is 0.306 e. The van der Waals surface area contributed by atoms with Crippen LogP contribution in [0.5, 0.6) is 0 Å². The van der Waals surface area contributed by atoms with Crippen LogP contribution < -0.4 is 0 Å². The van der Waals surface area contributed by atoms with Crippen LogP contribution in [0.1, 0.15) is 80.1 Å². The molecule has 0 bridgehead atoms. The minimum Gasteiger partial charge on any atom is -0.481 e. The van der Waals surface area contributed by atoms with Gasteiger partial charge < -0.3 is 5.11 Å². The number of unbranched alkanes of at least 4 members (excludes halogenated alkanes) is 1. The zero-order valence-electron chi connectivity index (χ0n) is 13.3. The first kappa shape index (κ1) is 19.8. The quantitative estimate of drug-likeness (QED) is 0.636. The maximum absolute atomic E-state index is 10.4. The highest BCUT2D eigenvalue weighted by Gasteiger charge is 2.12. The number of carbonyl (C=O) groups is 1. The van der Waals surface area contributed by atoms with Crippen molar-refractivity contribution < 1.29 is 9.90 Å². The topological polar surface area (TPSA) is 37.3 Å². The van der Waals surface area contributed by atoms with E-state index in [1.807, 2.05) is 6.92 Å². The molecule has 0 aromatic heterocycles. The molecule has 0 aliphatic carbocycles. The van der Waals surface area contributed by atoms with Crippen molar-refractivity contribution in [3.8, 4) is 0 Å². The standard InChI is InChI=1S/C8H16O2.C8H18/c1-3-5-6-7(4-2)8(9)10;1-7(2)5-6-8(3)4/h7H,3-6H2,1-2H3,(H,9,10);7-8H,5-6H2,1-4H3. The van der Waals surface area contributed by atoms with E-state index in [2.05, 4.69) is 34.6 Å². The molecule has 110 valence electrons. The molecule has 1 N–H and O–H groups in total. The fourth-order valence-corrected chi connectivity index (χ4v) is 1.62. The monoisotopic (exact) mass is 258 g/mol. The van der Waals surface area contributed by atoms with E-state index in [-0.39, 0.29) is 5.92 Å². The first-order chi connectivity index (χ1) is 8.34. The summed E-state index contributed by atoms with van der Waals surface area (Å²) in [5.74, 6) is 1.02. The average Bonchev–Trinajstić information content (AvgIpc) is 2.28. The fraction of sp³-hybridized carbons (Fsp3) is 0.938. The van der Waals surface area contributed by atoms with Gasteiger partial charge in [0.2, 0.25) is 0 Å². The second-order valence-electron chi connectivity index (χ2n) is 5.95. The van der Waals surface area contributed by atoms with Gasteiger partial charge in [-0.15, -0.1) is 0 Å². The molecule has 0 amide bonds. The van der Waals surface area contributed by atoms with Crippen LogP contribution >= 0.6 is 0 Å². The summed E-state index contributed by atoms with van der Waals surface area (Å²) in [6, 6.07) is 0. The predicted octanol–water partition coefficient (Wildman–Crippen LogP) is 5.37. The molecule has 1 unspecified atom stereocenters. The van der Waals surface area contributed by atoms with Gasteiger partial charge in [0.05, 0.1) is 5.92 Å². The minimum absolute atomic E-state index is 0.111. The van der Waals surface area contributed by atoms with Gasteiger partial charge in [-0.2, -0.15) is 0 Å². The summed E-state index contributed by atoms with van der Waals surface area (Å²) in [7, 11) is 0. The van der Waals surface area contributed by atoms with Crippen LogP contribution in [0.4, 0.5) is 0 Å². The second-order valence-corrected chi connectivity index (χ2v) is 5.95. The van der Waals surface area contributed by atoms with Crippen LogP contribution in [0.2, 0.25) is 0 Å². The average molecular weight is 258 g/mol. The molecule has 0 heterocycles. The molecule has 18 heavy (non-hydrogen) atoms. The number of carboxylic acids is 1. The van der Waals surface area contributed by atoms with Gasteiger partial charge in [0.1, 0.15) is 0 Å². The molecule has 0 aromatic carbocycles. The zero-order chi connectivity index (χ0) is 14.6. The van der Waals surface area contributed by atoms with Crippen molar-refractivity contribution in [1.82, 2.24) is 0 Å². The van der Waals surface area contributed by atoms with Crippen molar-refractivity contribution >= 4 is 5.97 Å². The lowest BCUT2D eigenvalue weighted by atomic mass is 10.00. The molecule has 0 fully saturated rings. The number of hydrogen-bond donors (Lipinski definition) is 1. The second kappa shape index (κ2) is 12.9. The highest BCUT2D eigenvalue weighted by Crippen LogP contribution is 2.12. The molecular weight excluding hydrogens is 224 g/mol. The fourth-order valence-electron chi connectivity index (χ4n) is 1.62. The van der Waals surface area contributed by atoms with Crippen LogP contribution in [0, 0.1) is 17.8 Å².